The molecule has 6 heteroatoms. The number of aromatic nitrogens is 2. The van der Waals surface area contributed by atoms with Crippen molar-refractivity contribution in [3.8, 4) is 22.6 Å². The van der Waals surface area contributed by atoms with Crippen LogP contribution >= 0.6 is 0 Å². The fraction of sp³-hybridized carbons (Fsp3) is 0.258. The van der Waals surface area contributed by atoms with Gasteiger partial charge in [-0.3, -0.25) is 4.79 Å². The third-order valence-electron chi connectivity index (χ3n) is 6.30. The number of rotatable bonds is 10. The van der Waals surface area contributed by atoms with E-state index in [4.69, 9.17) is 10.2 Å². The lowest BCUT2D eigenvalue weighted by atomic mass is 9.91. The second-order valence-corrected chi connectivity index (χ2v) is 9.45. The number of amides is 1. The first-order valence-corrected chi connectivity index (χ1v) is 12.7. The number of benzene rings is 3. The molecule has 3 N–H and O–H groups in total. The first kappa shape index (κ1) is 26.0. The molecule has 190 valence electrons. The van der Waals surface area contributed by atoms with Crippen molar-refractivity contribution in [3.05, 3.63) is 101 Å². The maximum absolute atomic E-state index is 13.3. The average Bonchev–Trinajstić information content (AvgIpc) is 3.42. The molecule has 0 spiro atoms. The summed E-state index contributed by atoms with van der Waals surface area (Å²) in [6, 6.07) is 21.5. The fourth-order valence-electron chi connectivity index (χ4n) is 4.13. The molecule has 3 aromatic carbocycles. The van der Waals surface area contributed by atoms with Gasteiger partial charge in [0.1, 0.15) is 0 Å². The van der Waals surface area contributed by atoms with Crippen molar-refractivity contribution in [2.24, 2.45) is 5.73 Å². The maximum Gasteiger partial charge on any atom is 0.251 e. The topological polar surface area (TPSA) is 94.0 Å². The van der Waals surface area contributed by atoms with Crippen LogP contribution in [0.1, 0.15) is 72.1 Å². The molecule has 0 saturated carbocycles. The van der Waals surface area contributed by atoms with Gasteiger partial charge in [0.05, 0.1) is 6.04 Å². The van der Waals surface area contributed by atoms with Gasteiger partial charge >= 0.3 is 0 Å². The Kier molecular flexibility index (Phi) is 8.31. The summed E-state index contributed by atoms with van der Waals surface area (Å²) in [6.45, 7) is 10.8. The van der Waals surface area contributed by atoms with Crippen molar-refractivity contribution in [3.63, 3.8) is 0 Å². The Morgan fingerprint density at radius 2 is 1.78 bits per heavy atom. The predicted molar refractivity (Wildman–Crippen MR) is 149 cm³/mol. The van der Waals surface area contributed by atoms with Crippen LogP contribution in [0.2, 0.25) is 0 Å². The number of carbonyl (C=O) groups excluding carboxylic acids is 1. The first-order chi connectivity index (χ1) is 17.9. The van der Waals surface area contributed by atoms with Gasteiger partial charge in [-0.15, -0.1) is 10.2 Å². The predicted octanol–water partition coefficient (Wildman–Crippen LogP) is 6.87. The number of carbonyl (C=O) groups is 1. The van der Waals surface area contributed by atoms with Crippen LogP contribution in [-0.4, -0.2) is 16.1 Å². The van der Waals surface area contributed by atoms with Gasteiger partial charge in [-0.1, -0.05) is 74.0 Å². The van der Waals surface area contributed by atoms with Crippen molar-refractivity contribution in [2.75, 3.05) is 0 Å². The zero-order valence-corrected chi connectivity index (χ0v) is 21.8. The van der Waals surface area contributed by atoms with Gasteiger partial charge in [-0.05, 0) is 72.7 Å². The molecule has 0 aliphatic heterocycles. The Labute approximate surface area is 218 Å². The van der Waals surface area contributed by atoms with Crippen LogP contribution in [0.5, 0.6) is 0 Å². The Balaban J connectivity index is 1.73. The molecule has 0 saturated heterocycles. The van der Waals surface area contributed by atoms with Crippen molar-refractivity contribution in [2.45, 2.75) is 52.6 Å². The van der Waals surface area contributed by atoms with E-state index in [1.165, 1.54) is 5.56 Å². The van der Waals surface area contributed by atoms with Gasteiger partial charge in [0.15, 0.2) is 0 Å². The summed E-state index contributed by atoms with van der Waals surface area (Å²) in [5.74, 6) is 0.487. The molecule has 1 amide bonds. The van der Waals surface area contributed by atoms with E-state index < -0.39 is 0 Å². The van der Waals surface area contributed by atoms with E-state index in [1.807, 2.05) is 55.5 Å². The van der Waals surface area contributed by atoms with Crippen LogP contribution in [0.25, 0.3) is 28.2 Å². The minimum atomic E-state index is -0.385. The number of unbranched alkanes of at least 4 members (excludes halogenated alkanes) is 1. The number of allylic oxidation sites excluding steroid dienone is 1. The van der Waals surface area contributed by atoms with Gasteiger partial charge in [0.25, 0.3) is 5.91 Å². The number of hydrogen-bond acceptors (Lipinski definition) is 5. The highest BCUT2D eigenvalue weighted by molar-refractivity contribution is 5.97. The number of aryl methyl sites for hydroxylation is 1. The van der Waals surface area contributed by atoms with Crippen molar-refractivity contribution in [1.82, 2.24) is 15.5 Å². The Morgan fingerprint density at radius 3 is 2.49 bits per heavy atom. The molecule has 0 fully saturated rings. The minimum absolute atomic E-state index is 0.183. The van der Waals surface area contributed by atoms with Crippen LogP contribution in [-0.2, 0) is 6.54 Å². The summed E-state index contributed by atoms with van der Waals surface area (Å²) in [4.78, 5) is 13.3. The number of hydrogen-bond donors (Lipinski definition) is 2. The molecular formula is C31H34N4O2. The molecule has 37 heavy (non-hydrogen) atoms. The molecule has 0 radical (unpaired) electrons. The second-order valence-electron chi connectivity index (χ2n) is 9.45. The third-order valence-corrected chi connectivity index (χ3v) is 6.30. The van der Waals surface area contributed by atoms with E-state index in [9.17, 15) is 4.79 Å². The smallest absolute Gasteiger partial charge is 0.251 e. The zero-order valence-electron chi connectivity index (χ0n) is 21.8. The van der Waals surface area contributed by atoms with Crippen LogP contribution in [0.4, 0.5) is 0 Å². The van der Waals surface area contributed by atoms with E-state index in [-0.39, 0.29) is 11.9 Å². The molecule has 1 heterocycles. The largest absolute Gasteiger partial charge is 0.419 e. The molecule has 0 aliphatic rings. The van der Waals surface area contributed by atoms with E-state index in [0.717, 1.165) is 47.1 Å². The highest BCUT2D eigenvalue weighted by Gasteiger charge is 2.18. The number of nitrogens with one attached hydrogen (secondary N) is 1. The van der Waals surface area contributed by atoms with Crippen LogP contribution in [0.15, 0.2) is 77.7 Å². The molecule has 1 aromatic heterocycles. The first-order valence-electron chi connectivity index (χ1n) is 12.7. The highest BCUT2D eigenvalue weighted by Crippen LogP contribution is 2.34. The molecular weight excluding hydrogens is 460 g/mol. The lowest BCUT2D eigenvalue weighted by Gasteiger charge is -2.14. The molecule has 1 unspecified atom stereocenters. The standard InChI is InChI=1S/C31H34N4O2/c1-5-6-9-21(3)27-10-7-8-11-28(27)24-16-25(29(36)33-19-23-14-12-20(2)13-15-23)18-26(17-24)31-35-34-30(37-31)22(4)32/h7-8,10-18,22H,3,5-6,9,19,32H2,1-2,4H3,(H,33,36). The van der Waals surface area contributed by atoms with Gasteiger partial charge in [-0.2, -0.15) is 0 Å². The molecule has 0 bridgehead atoms. The fourth-order valence-corrected chi connectivity index (χ4v) is 4.13. The maximum atomic E-state index is 13.3. The highest BCUT2D eigenvalue weighted by atomic mass is 16.4. The Morgan fingerprint density at radius 1 is 1.05 bits per heavy atom. The summed E-state index contributed by atoms with van der Waals surface area (Å²) in [5, 5.41) is 11.3. The van der Waals surface area contributed by atoms with E-state index in [0.29, 0.717) is 29.5 Å². The lowest BCUT2D eigenvalue weighted by Crippen LogP contribution is -2.22. The Hall–Kier alpha value is -4.03. The number of nitrogens with zero attached hydrogens (tertiary/aromatic N) is 2. The minimum Gasteiger partial charge on any atom is -0.419 e. The Bertz CT molecular complexity index is 1390. The molecule has 0 aliphatic carbocycles. The van der Waals surface area contributed by atoms with Gasteiger partial charge < -0.3 is 15.5 Å². The summed E-state index contributed by atoms with van der Waals surface area (Å²) in [5.41, 5.74) is 13.3. The van der Waals surface area contributed by atoms with E-state index in [2.05, 4.69) is 41.1 Å². The lowest BCUT2D eigenvalue weighted by molar-refractivity contribution is 0.0951. The summed E-state index contributed by atoms with van der Waals surface area (Å²) >= 11 is 0. The molecule has 6 nitrogen and oxygen atoms in total. The monoisotopic (exact) mass is 494 g/mol. The van der Waals surface area contributed by atoms with Crippen molar-refractivity contribution in [1.29, 1.82) is 0 Å². The number of nitrogens with two attached hydrogens (primary N) is 1. The summed E-state index contributed by atoms with van der Waals surface area (Å²) < 4.78 is 5.83. The van der Waals surface area contributed by atoms with Crippen molar-refractivity contribution >= 4 is 11.5 Å². The van der Waals surface area contributed by atoms with Crippen LogP contribution in [0.3, 0.4) is 0 Å². The second kappa shape index (κ2) is 11.8. The zero-order chi connectivity index (χ0) is 26.4. The van der Waals surface area contributed by atoms with Crippen LogP contribution < -0.4 is 11.1 Å². The SMILES string of the molecule is C=C(CCCC)c1ccccc1-c1cc(C(=O)NCc2ccc(C)cc2)cc(-c2nnc(C(C)N)o2)c1. The normalized spacial score (nSPS) is 11.8. The molecule has 1 atom stereocenters. The van der Waals surface area contributed by atoms with Gasteiger partial charge in [-0.25, -0.2) is 0 Å². The summed E-state index contributed by atoms with van der Waals surface area (Å²) in [7, 11) is 0. The van der Waals surface area contributed by atoms with E-state index >= 15 is 0 Å². The molecule has 4 aromatic rings. The third kappa shape index (κ3) is 6.40. The van der Waals surface area contributed by atoms with E-state index in [1.54, 1.807) is 13.0 Å². The quantitative estimate of drug-likeness (QED) is 0.251. The molecule has 4 rings (SSSR count). The summed E-state index contributed by atoms with van der Waals surface area (Å²) in [6.07, 6.45) is 3.08. The van der Waals surface area contributed by atoms with Crippen molar-refractivity contribution < 1.29 is 9.21 Å². The van der Waals surface area contributed by atoms with Gasteiger partial charge in [0.2, 0.25) is 11.8 Å². The van der Waals surface area contributed by atoms with Gasteiger partial charge in [0, 0.05) is 17.7 Å². The average molecular weight is 495 g/mol. The van der Waals surface area contributed by atoms with Crippen LogP contribution in [0, 0.1) is 6.92 Å².